The second kappa shape index (κ2) is 6.95. The quantitative estimate of drug-likeness (QED) is 0.732. The van der Waals surface area contributed by atoms with E-state index in [4.69, 9.17) is 41.2 Å². The molecule has 6 nitrogen and oxygen atoms in total. The molecule has 116 valence electrons. The van der Waals surface area contributed by atoms with Gasteiger partial charge in [-0.05, 0) is 31.3 Å². The van der Waals surface area contributed by atoms with Gasteiger partial charge in [-0.1, -0.05) is 29.3 Å². The number of carbonyl (C=O) groups is 1. The van der Waals surface area contributed by atoms with E-state index >= 15 is 0 Å². The fourth-order valence-electron chi connectivity index (χ4n) is 1.85. The van der Waals surface area contributed by atoms with E-state index in [0.29, 0.717) is 28.0 Å². The van der Waals surface area contributed by atoms with Crippen molar-refractivity contribution in [1.29, 1.82) is 0 Å². The minimum absolute atomic E-state index is 0.238. The van der Waals surface area contributed by atoms with Gasteiger partial charge >= 0.3 is 0 Å². The Labute approximate surface area is 142 Å². The molecule has 0 fully saturated rings. The Morgan fingerprint density at radius 2 is 2.05 bits per heavy atom. The lowest BCUT2D eigenvalue weighted by atomic mass is 10.3. The van der Waals surface area contributed by atoms with Gasteiger partial charge in [0.15, 0.2) is 5.11 Å². The molecule has 0 saturated carbocycles. The summed E-state index contributed by atoms with van der Waals surface area (Å²) in [6.45, 7) is 2.37. The van der Waals surface area contributed by atoms with Crippen LogP contribution in [0.1, 0.15) is 17.4 Å². The van der Waals surface area contributed by atoms with Gasteiger partial charge in [-0.2, -0.15) is 5.10 Å². The van der Waals surface area contributed by atoms with Gasteiger partial charge in [0.05, 0.1) is 27.6 Å². The Kier molecular flexibility index (Phi) is 5.23. The van der Waals surface area contributed by atoms with Crippen LogP contribution in [-0.2, 0) is 6.54 Å². The first-order valence-corrected chi connectivity index (χ1v) is 7.48. The largest absolute Gasteiger partial charge is 0.364 e. The van der Waals surface area contributed by atoms with Crippen LogP contribution in [0.5, 0.6) is 0 Å². The van der Waals surface area contributed by atoms with Crippen LogP contribution in [0.15, 0.2) is 24.4 Å². The zero-order valence-corrected chi connectivity index (χ0v) is 13.9. The molecule has 0 radical (unpaired) electrons. The molecule has 0 bridgehead atoms. The number of nitrogens with zero attached hydrogens (tertiary/aromatic N) is 2. The van der Waals surface area contributed by atoms with Crippen LogP contribution >= 0.6 is 35.4 Å². The van der Waals surface area contributed by atoms with E-state index in [1.165, 1.54) is 10.9 Å². The predicted octanol–water partition coefficient (Wildman–Crippen LogP) is 3.12. The van der Waals surface area contributed by atoms with Crippen molar-refractivity contribution in [1.82, 2.24) is 9.78 Å². The van der Waals surface area contributed by atoms with E-state index in [-0.39, 0.29) is 10.8 Å². The van der Waals surface area contributed by atoms with E-state index in [0.717, 1.165) is 0 Å². The molecule has 22 heavy (non-hydrogen) atoms. The van der Waals surface area contributed by atoms with Crippen LogP contribution in [0.2, 0.25) is 10.0 Å². The third-order valence-electron chi connectivity index (χ3n) is 2.82. The number of hydrogen-bond acceptors (Lipinski definition) is 3. The molecule has 0 atom stereocenters. The molecular formula is C13H13Cl2N5OS. The SMILES string of the molecule is CCn1ncc(NC(=S)Nc2cccc(Cl)c2Cl)c1C(N)=O. The van der Waals surface area contributed by atoms with Crippen molar-refractivity contribution in [2.24, 2.45) is 5.73 Å². The number of benzene rings is 1. The summed E-state index contributed by atoms with van der Waals surface area (Å²) >= 11 is 17.2. The highest BCUT2D eigenvalue weighted by atomic mass is 35.5. The molecule has 0 spiro atoms. The molecule has 0 unspecified atom stereocenters. The molecule has 9 heteroatoms. The third kappa shape index (κ3) is 3.49. The molecule has 2 aromatic rings. The molecule has 1 aromatic carbocycles. The van der Waals surface area contributed by atoms with Crippen LogP contribution in [0.4, 0.5) is 11.4 Å². The van der Waals surface area contributed by atoms with Crippen molar-refractivity contribution in [2.75, 3.05) is 10.6 Å². The molecule has 0 aliphatic rings. The van der Waals surface area contributed by atoms with Crippen LogP contribution in [0.3, 0.4) is 0 Å². The lowest BCUT2D eigenvalue weighted by molar-refractivity contribution is 0.0991. The van der Waals surface area contributed by atoms with Crippen LogP contribution < -0.4 is 16.4 Å². The maximum absolute atomic E-state index is 11.5. The molecular weight excluding hydrogens is 345 g/mol. The molecule has 1 heterocycles. The van der Waals surface area contributed by atoms with Crippen LogP contribution in [0.25, 0.3) is 0 Å². The number of rotatable bonds is 4. The molecule has 2 rings (SSSR count). The summed E-state index contributed by atoms with van der Waals surface area (Å²) < 4.78 is 1.49. The van der Waals surface area contributed by atoms with Gasteiger partial charge in [-0.15, -0.1) is 0 Å². The standard InChI is InChI=1S/C13H13Cl2N5OS/c1-2-20-11(12(16)21)9(6-17-20)19-13(22)18-8-5-3-4-7(14)10(8)15/h3-6H,2H2,1H3,(H2,16,21)(H2,18,19,22). The Balaban J connectivity index is 2.18. The number of thiocarbonyl (C=S) groups is 1. The average molecular weight is 358 g/mol. The lowest BCUT2D eigenvalue weighted by Crippen LogP contribution is -2.23. The minimum Gasteiger partial charge on any atom is -0.364 e. The number of anilines is 2. The lowest BCUT2D eigenvalue weighted by Gasteiger charge is -2.12. The van der Waals surface area contributed by atoms with Gasteiger partial charge in [0, 0.05) is 6.54 Å². The monoisotopic (exact) mass is 357 g/mol. The number of halogens is 2. The van der Waals surface area contributed by atoms with Crippen LogP contribution in [-0.4, -0.2) is 20.8 Å². The Bertz CT molecular complexity index is 731. The van der Waals surface area contributed by atoms with Crippen LogP contribution in [0, 0.1) is 0 Å². The maximum Gasteiger partial charge on any atom is 0.269 e. The number of nitrogens with two attached hydrogens (primary N) is 1. The van der Waals surface area contributed by atoms with E-state index < -0.39 is 5.91 Å². The second-order valence-electron chi connectivity index (χ2n) is 4.27. The minimum atomic E-state index is -0.592. The molecule has 0 saturated heterocycles. The van der Waals surface area contributed by atoms with Gasteiger partial charge in [-0.25, -0.2) is 0 Å². The normalized spacial score (nSPS) is 10.3. The number of aryl methyl sites for hydroxylation is 1. The van der Waals surface area contributed by atoms with Gasteiger partial charge in [0.2, 0.25) is 0 Å². The second-order valence-corrected chi connectivity index (χ2v) is 5.46. The smallest absolute Gasteiger partial charge is 0.269 e. The highest BCUT2D eigenvalue weighted by Gasteiger charge is 2.16. The Morgan fingerprint density at radius 3 is 2.68 bits per heavy atom. The molecule has 1 aromatic heterocycles. The summed E-state index contributed by atoms with van der Waals surface area (Å²) in [6, 6.07) is 5.14. The van der Waals surface area contributed by atoms with E-state index in [2.05, 4.69) is 15.7 Å². The van der Waals surface area contributed by atoms with E-state index in [1.54, 1.807) is 18.2 Å². The van der Waals surface area contributed by atoms with Gasteiger partial charge in [0.25, 0.3) is 5.91 Å². The summed E-state index contributed by atoms with van der Waals surface area (Å²) in [4.78, 5) is 11.5. The first-order valence-electron chi connectivity index (χ1n) is 6.31. The van der Waals surface area contributed by atoms with Crippen molar-refractivity contribution in [3.8, 4) is 0 Å². The highest BCUT2D eigenvalue weighted by Crippen LogP contribution is 2.29. The molecule has 0 aliphatic heterocycles. The van der Waals surface area contributed by atoms with E-state index in [1.807, 2.05) is 6.92 Å². The summed E-state index contributed by atoms with van der Waals surface area (Å²) in [6.07, 6.45) is 1.48. The first kappa shape index (κ1) is 16.5. The number of carbonyl (C=O) groups excluding carboxylic acids is 1. The predicted molar refractivity (Wildman–Crippen MR) is 92.7 cm³/mol. The topological polar surface area (TPSA) is 85.0 Å². The average Bonchev–Trinajstić information content (AvgIpc) is 2.86. The number of amides is 1. The fraction of sp³-hybridized carbons (Fsp3) is 0.154. The molecule has 0 aliphatic carbocycles. The summed E-state index contributed by atoms with van der Waals surface area (Å²) in [5.74, 6) is -0.592. The molecule has 4 N–H and O–H groups in total. The third-order valence-corrected chi connectivity index (χ3v) is 3.84. The number of nitrogens with one attached hydrogen (secondary N) is 2. The van der Waals surface area contributed by atoms with Gasteiger partial charge < -0.3 is 16.4 Å². The summed E-state index contributed by atoms with van der Waals surface area (Å²) in [5.41, 5.74) is 6.59. The van der Waals surface area contributed by atoms with Crippen molar-refractivity contribution < 1.29 is 4.79 Å². The van der Waals surface area contributed by atoms with E-state index in [9.17, 15) is 4.79 Å². The number of hydrogen-bond donors (Lipinski definition) is 3. The van der Waals surface area contributed by atoms with Gasteiger partial charge in [0.1, 0.15) is 5.69 Å². The fourth-order valence-corrected chi connectivity index (χ4v) is 2.42. The van der Waals surface area contributed by atoms with Crippen molar-refractivity contribution in [3.63, 3.8) is 0 Å². The van der Waals surface area contributed by atoms with Crippen molar-refractivity contribution >= 4 is 57.8 Å². The zero-order chi connectivity index (χ0) is 16.3. The van der Waals surface area contributed by atoms with Crippen molar-refractivity contribution in [3.05, 3.63) is 40.1 Å². The zero-order valence-electron chi connectivity index (χ0n) is 11.6. The summed E-state index contributed by atoms with van der Waals surface area (Å²) in [7, 11) is 0. The maximum atomic E-state index is 11.5. The highest BCUT2D eigenvalue weighted by molar-refractivity contribution is 7.80. The Hall–Kier alpha value is -1.83. The number of primary amides is 1. The summed E-state index contributed by atoms with van der Waals surface area (Å²) in [5, 5.41) is 10.9. The first-order chi connectivity index (χ1) is 10.4. The van der Waals surface area contributed by atoms with Crippen molar-refractivity contribution in [2.45, 2.75) is 13.5 Å². The number of aromatic nitrogens is 2. The van der Waals surface area contributed by atoms with Gasteiger partial charge in [-0.3, -0.25) is 9.48 Å². The Morgan fingerprint density at radius 1 is 1.36 bits per heavy atom. The molecule has 1 amide bonds.